The number of carbonyl (C=O) groups is 2. The Kier molecular flexibility index (Phi) is 3.92. The first-order chi connectivity index (χ1) is 13.6. The number of carbonyl (C=O) groups excluding carboxylic acids is 2. The maximum absolute atomic E-state index is 13.4. The van der Waals surface area contributed by atoms with E-state index in [1.807, 2.05) is 29.2 Å². The van der Waals surface area contributed by atoms with Crippen LogP contribution in [0.1, 0.15) is 42.5 Å². The lowest BCUT2D eigenvalue weighted by molar-refractivity contribution is -0.128. The van der Waals surface area contributed by atoms with Gasteiger partial charge in [0.25, 0.3) is 0 Å². The second kappa shape index (κ2) is 6.36. The fourth-order valence-corrected chi connectivity index (χ4v) is 4.75. The summed E-state index contributed by atoms with van der Waals surface area (Å²) in [6.45, 7) is 3.29. The number of H-pyrrole nitrogens is 1. The predicted molar refractivity (Wildman–Crippen MR) is 103 cm³/mol. The van der Waals surface area contributed by atoms with Gasteiger partial charge in [-0.2, -0.15) is 0 Å². The first-order valence-corrected chi connectivity index (χ1v) is 10.0. The van der Waals surface area contributed by atoms with Gasteiger partial charge in [0.05, 0.1) is 18.8 Å². The molecule has 1 aliphatic carbocycles. The Labute approximate surface area is 163 Å². The first kappa shape index (κ1) is 17.3. The Bertz CT molecular complexity index is 921. The van der Waals surface area contributed by atoms with Crippen LogP contribution >= 0.6 is 0 Å². The second-order valence-corrected chi connectivity index (χ2v) is 7.86. The van der Waals surface area contributed by atoms with Gasteiger partial charge in [-0.1, -0.05) is 18.2 Å². The Morgan fingerprint density at radius 2 is 2.04 bits per heavy atom. The van der Waals surface area contributed by atoms with Crippen LogP contribution in [0.2, 0.25) is 0 Å². The molecule has 146 valence electrons. The van der Waals surface area contributed by atoms with Crippen molar-refractivity contribution in [1.29, 1.82) is 0 Å². The van der Waals surface area contributed by atoms with Gasteiger partial charge in [-0.15, -0.1) is 0 Å². The zero-order valence-electron chi connectivity index (χ0n) is 16.0. The molecule has 0 unspecified atom stereocenters. The zero-order chi connectivity index (χ0) is 19.3. The van der Waals surface area contributed by atoms with Crippen molar-refractivity contribution in [3.05, 3.63) is 47.0 Å². The Hall–Kier alpha value is -2.83. The molecule has 2 amide bonds. The van der Waals surface area contributed by atoms with Crippen LogP contribution in [0.4, 0.5) is 10.5 Å². The van der Waals surface area contributed by atoms with Crippen LogP contribution in [0, 0.1) is 0 Å². The van der Waals surface area contributed by atoms with Crippen LogP contribution in [0.3, 0.4) is 0 Å². The highest BCUT2D eigenvalue weighted by Crippen LogP contribution is 2.47. The van der Waals surface area contributed by atoms with Crippen LogP contribution < -0.4 is 4.90 Å². The van der Waals surface area contributed by atoms with Crippen LogP contribution in [0.15, 0.2) is 24.3 Å². The molecular formula is C21H24N4O3. The van der Waals surface area contributed by atoms with Crippen molar-refractivity contribution in [2.75, 3.05) is 24.6 Å². The SMILES string of the molecule is CCOC(=O)N1CC2(C1)C(=O)N(Cc1nc3c([nH]1)CCCC3)c1ccccc12. The minimum absolute atomic E-state index is 0.0450. The molecule has 2 aromatic rings. The predicted octanol–water partition coefficient (Wildman–Crippen LogP) is 2.55. The molecule has 0 radical (unpaired) electrons. The van der Waals surface area contributed by atoms with E-state index < -0.39 is 5.41 Å². The second-order valence-electron chi connectivity index (χ2n) is 7.86. The molecule has 3 aliphatic rings. The molecule has 0 atom stereocenters. The van der Waals surface area contributed by atoms with Gasteiger partial charge < -0.3 is 19.5 Å². The number of imidazole rings is 1. The van der Waals surface area contributed by atoms with Crippen molar-refractivity contribution in [3.8, 4) is 0 Å². The lowest BCUT2D eigenvalue weighted by Crippen LogP contribution is -2.65. The van der Waals surface area contributed by atoms with E-state index in [9.17, 15) is 9.59 Å². The van der Waals surface area contributed by atoms with Gasteiger partial charge in [0.1, 0.15) is 11.2 Å². The molecule has 1 aromatic heterocycles. The van der Waals surface area contributed by atoms with Crippen molar-refractivity contribution in [3.63, 3.8) is 0 Å². The number of hydrogen-bond donors (Lipinski definition) is 1. The van der Waals surface area contributed by atoms with E-state index in [1.54, 1.807) is 11.8 Å². The van der Waals surface area contributed by atoms with Gasteiger partial charge in [0.15, 0.2) is 0 Å². The van der Waals surface area contributed by atoms with Crippen molar-refractivity contribution in [2.24, 2.45) is 0 Å². The maximum atomic E-state index is 13.4. The lowest BCUT2D eigenvalue weighted by Gasteiger charge is -2.45. The highest BCUT2D eigenvalue weighted by Gasteiger charge is 2.59. The fraction of sp³-hybridized carbons (Fsp3) is 0.476. The quantitative estimate of drug-likeness (QED) is 0.888. The number of amides is 2. The van der Waals surface area contributed by atoms with E-state index >= 15 is 0 Å². The number of nitrogens with one attached hydrogen (secondary N) is 1. The average molecular weight is 380 g/mol. The van der Waals surface area contributed by atoms with Crippen LogP contribution in [0.5, 0.6) is 0 Å². The van der Waals surface area contributed by atoms with E-state index in [-0.39, 0.29) is 12.0 Å². The third-order valence-corrected chi connectivity index (χ3v) is 6.12. The molecule has 3 heterocycles. The summed E-state index contributed by atoms with van der Waals surface area (Å²) in [6, 6.07) is 7.89. The molecule has 2 aliphatic heterocycles. The molecule has 1 spiro atoms. The number of hydrogen-bond acceptors (Lipinski definition) is 4. The smallest absolute Gasteiger partial charge is 0.409 e. The number of anilines is 1. The van der Waals surface area contributed by atoms with Crippen molar-refractivity contribution < 1.29 is 14.3 Å². The molecule has 0 bridgehead atoms. The molecular weight excluding hydrogens is 356 g/mol. The number of ether oxygens (including phenoxy) is 1. The molecule has 1 aromatic carbocycles. The van der Waals surface area contributed by atoms with Gasteiger partial charge in [-0.25, -0.2) is 9.78 Å². The molecule has 5 rings (SSSR count). The number of para-hydroxylation sites is 1. The minimum atomic E-state index is -0.657. The number of nitrogens with zero attached hydrogens (tertiary/aromatic N) is 3. The van der Waals surface area contributed by atoms with Crippen molar-refractivity contribution in [1.82, 2.24) is 14.9 Å². The highest BCUT2D eigenvalue weighted by atomic mass is 16.6. The number of aromatic nitrogens is 2. The van der Waals surface area contributed by atoms with Crippen molar-refractivity contribution >= 4 is 17.7 Å². The molecule has 1 fully saturated rings. The third kappa shape index (κ3) is 2.45. The van der Waals surface area contributed by atoms with Crippen LogP contribution in [-0.2, 0) is 34.3 Å². The van der Waals surface area contributed by atoms with E-state index in [4.69, 9.17) is 9.72 Å². The first-order valence-electron chi connectivity index (χ1n) is 10.0. The summed E-state index contributed by atoms with van der Waals surface area (Å²) in [5.74, 6) is 0.886. The number of likely N-dealkylation sites (tertiary alicyclic amines) is 1. The Morgan fingerprint density at radius 3 is 2.82 bits per heavy atom. The fourth-order valence-electron chi connectivity index (χ4n) is 4.75. The lowest BCUT2D eigenvalue weighted by atomic mass is 9.75. The number of aromatic amines is 1. The topological polar surface area (TPSA) is 78.5 Å². The third-order valence-electron chi connectivity index (χ3n) is 6.12. The summed E-state index contributed by atoms with van der Waals surface area (Å²) < 4.78 is 5.09. The van der Waals surface area contributed by atoms with Crippen LogP contribution in [-0.4, -0.2) is 46.6 Å². The number of benzene rings is 1. The summed E-state index contributed by atoms with van der Waals surface area (Å²) in [6.07, 6.45) is 4.05. The minimum Gasteiger partial charge on any atom is -0.450 e. The summed E-state index contributed by atoms with van der Waals surface area (Å²) in [7, 11) is 0. The Morgan fingerprint density at radius 1 is 1.25 bits per heavy atom. The van der Waals surface area contributed by atoms with Gasteiger partial charge in [0, 0.05) is 24.5 Å². The molecule has 1 N–H and O–H groups in total. The molecule has 7 nitrogen and oxygen atoms in total. The zero-order valence-corrected chi connectivity index (χ0v) is 16.0. The number of fused-ring (bicyclic) bond motifs is 3. The van der Waals surface area contributed by atoms with E-state index in [1.165, 1.54) is 18.5 Å². The molecule has 28 heavy (non-hydrogen) atoms. The van der Waals surface area contributed by atoms with Gasteiger partial charge in [-0.3, -0.25) is 4.79 Å². The summed E-state index contributed by atoms with van der Waals surface area (Å²) in [4.78, 5) is 37.1. The standard InChI is InChI=1S/C21H24N4O3/c1-2-28-20(27)24-12-21(13-24)14-7-3-6-10-17(14)25(19(21)26)11-18-22-15-8-4-5-9-16(15)23-18/h3,6-7,10H,2,4-5,8-9,11-13H2,1H3,(H,22,23). The summed E-state index contributed by atoms with van der Waals surface area (Å²) in [5.41, 5.74) is 3.62. The number of aryl methyl sites for hydroxylation is 2. The van der Waals surface area contributed by atoms with E-state index in [2.05, 4.69) is 4.98 Å². The summed E-state index contributed by atoms with van der Waals surface area (Å²) >= 11 is 0. The molecule has 7 heteroatoms. The van der Waals surface area contributed by atoms with Gasteiger partial charge >= 0.3 is 6.09 Å². The van der Waals surface area contributed by atoms with Gasteiger partial charge in [0.2, 0.25) is 5.91 Å². The average Bonchev–Trinajstić information content (AvgIpc) is 3.18. The summed E-state index contributed by atoms with van der Waals surface area (Å²) in [5, 5.41) is 0. The van der Waals surface area contributed by atoms with E-state index in [0.29, 0.717) is 26.2 Å². The van der Waals surface area contributed by atoms with Crippen molar-refractivity contribution in [2.45, 2.75) is 44.6 Å². The highest BCUT2D eigenvalue weighted by molar-refractivity contribution is 6.09. The number of rotatable bonds is 3. The maximum Gasteiger partial charge on any atom is 0.409 e. The molecule has 0 saturated carbocycles. The Balaban J connectivity index is 1.42. The largest absolute Gasteiger partial charge is 0.450 e. The monoisotopic (exact) mass is 380 g/mol. The molecule has 1 saturated heterocycles. The van der Waals surface area contributed by atoms with Gasteiger partial charge in [-0.05, 0) is 44.2 Å². The van der Waals surface area contributed by atoms with E-state index in [0.717, 1.165) is 35.6 Å². The normalized spacial score (nSPS) is 19.4. The van der Waals surface area contributed by atoms with Crippen LogP contribution in [0.25, 0.3) is 0 Å².